The molecule has 1 aromatic rings. The van der Waals surface area contributed by atoms with Gasteiger partial charge in [0.2, 0.25) is 6.29 Å². The van der Waals surface area contributed by atoms with Crippen molar-refractivity contribution < 1.29 is 49.2 Å². The zero-order valence-corrected chi connectivity index (χ0v) is 16.4. The molecule has 29 heavy (non-hydrogen) atoms. The van der Waals surface area contributed by atoms with Gasteiger partial charge in [0.25, 0.3) is 0 Å². The number of hydrogen-bond donors (Lipinski definition) is 5. The molecule has 5 N–H and O–H groups in total. The number of aliphatic hydroxyl groups excluding tert-OH is 5. The third kappa shape index (κ3) is 4.65. The molecule has 10 heteroatoms. The maximum atomic E-state index is 10.7. The van der Waals surface area contributed by atoms with Gasteiger partial charge in [0.1, 0.15) is 48.1 Å². The van der Waals surface area contributed by atoms with Gasteiger partial charge in [-0.3, -0.25) is 0 Å². The van der Waals surface area contributed by atoms with Crippen LogP contribution in [0.2, 0.25) is 0 Å². The van der Waals surface area contributed by atoms with E-state index in [2.05, 4.69) is 0 Å². The summed E-state index contributed by atoms with van der Waals surface area (Å²) in [6, 6.07) is 6.62. The first-order valence-electron chi connectivity index (χ1n) is 9.40. The van der Waals surface area contributed by atoms with Crippen LogP contribution in [0, 0.1) is 0 Å². The molecule has 2 aliphatic rings. The molecule has 2 heterocycles. The molecule has 0 saturated carbocycles. The molecular weight excluding hydrogens is 388 g/mol. The van der Waals surface area contributed by atoms with E-state index in [0.29, 0.717) is 11.5 Å². The second kappa shape index (κ2) is 9.11. The Morgan fingerprint density at radius 1 is 0.690 bits per heavy atom. The number of hydrogen-bond acceptors (Lipinski definition) is 10. The van der Waals surface area contributed by atoms with E-state index in [9.17, 15) is 25.5 Å². The summed E-state index contributed by atoms with van der Waals surface area (Å²) in [5.74, 6) is 1.03. The van der Waals surface area contributed by atoms with Crippen molar-refractivity contribution in [3.63, 3.8) is 0 Å². The highest BCUT2D eigenvalue weighted by molar-refractivity contribution is 5.31. The third-order valence-electron chi connectivity index (χ3n) is 5.19. The Kier molecular flexibility index (Phi) is 6.97. The third-order valence-corrected chi connectivity index (χ3v) is 5.19. The van der Waals surface area contributed by atoms with Gasteiger partial charge in [-0.15, -0.1) is 0 Å². The van der Waals surface area contributed by atoms with E-state index in [1.807, 2.05) is 0 Å². The van der Waals surface area contributed by atoms with Gasteiger partial charge >= 0.3 is 0 Å². The number of aliphatic hydroxyl groups is 5. The minimum Gasteiger partial charge on any atom is -0.497 e. The topological polar surface area (TPSA) is 147 Å². The maximum Gasteiger partial charge on any atom is 0.229 e. The fourth-order valence-corrected chi connectivity index (χ4v) is 3.32. The molecule has 0 bridgehead atoms. The van der Waals surface area contributed by atoms with Crippen LogP contribution in [0.3, 0.4) is 0 Å². The van der Waals surface area contributed by atoms with Crippen LogP contribution in [0.15, 0.2) is 24.3 Å². The summed E-state index contributed by atoms with van der Waals surface area (Å²) in [6.45, 7) is 3.09. The Morgan fingerprint density at radius 3 is 1.86 bits per heavy atom. The summed E-state index contributed by atoms with van der Waals surface area (Å²) in [6.07, 6.45) is -12.4. The highest BCUT2D eigenvalue weighted by atomic mass is 16.7. The highest BCUT2D eigenvalue weighted by Crippen LogP contribution is 2.30. The minimum atomic E-state index is -1.57. The molecule has 2 saturated heterocycles. The summed E-state index contributed by atoms with van der Waals surface area (Å²) in [4.78, 5) is 0. The quantitative estimate of drug-likeness (QED) is 0.394. The minimum absolute atomic E-state index is 0.401. The Bertz CT molecular complexity index is 655. The van der Waals surface area contributed by atoms with E-state index < -0.39 is 61.4 Å². The predicted octanol–water partition coefficient (Wildman–Crippen LogP) is -1.25. The second-order valence-electron chi connectivity index (χ2n) is 7.27. The zero-order valence-electron chi connectivity index (χ0n) is 16.4. The standard InChI is InChI=1S/C19H28O10/c1-8-12(20)14(22)15(23)18(26-8)29-17-13(21)9(2)27-19(16(17)24)28-11-6-4-10(25-3)5-7-11/h4-9,12-24H,1-3H3/t8-,9-,12+,13+,14+,15-,16-,17+,18-,19-/m0/s1. The molecule has 2 fully saturated rings. The number of benzene rings is 1. The molecule has 10 atom stereocenters. The van der Waals surface area contributed by atoms with Crippen LogP contribution in [0.1, 0.15) is 13.8 Å². The molecule has 0 aliphatic carbocycles. The van der Waals surface area contributed by atoms with E-state index in [1.54, 1.807) is 31.2 Å². The summed E-state index contributed by atoms with van der Waals surface area (Å²) in [7, 11) is 1.54. The van der Waals surface area contributed by atoms with Crippen molar-refractivity contribution >= 4 is 0 Å². The molecule has 1 aromatic carbocycles. The van der Waals surface area contributed by atoms with Crippen molar-refractivity contribution in [1.82, 2.24) is 0 Å². The van der Waals surface area contributed by atoms with Gasteiger partial charge in [-0.05, 0) is 38.1 Å². The Labute approximate surface area is 168 Å². The summed E-state index contributed by atoms with van der Waals surface area (Å²) < 4.78 is 27.3. The lowest BCUT2D eigenvalue weighted by molar-refractivity contribution is -0.346. The summed E-state index contributed by atoms with van der Waals surface area (Å²) in [5, 5.41) is 51.0. The van der Waals surface area contributed by atoms with Crippen molar-refractivity contribution in [2.75, 3.05) is 7.11 Å². The Balaban J connectivity index is 1.71. The van der Waals surface area contributed by atoms with Crippen molar-refractivity contribution in [3.05, 3.63) is 24.3 Å². The van der Waals surface area contributed by atoms with E-state index >= 15 is 0 Å². The zero-order chi connectivity index (χ0) is 21.3. The average Bonchev–Trinajstić information content (AvgIpc) is 2.71. The molecule has 2 aliphatic heterocycles. The van der Waals surface area contributed by atoms with Crippen LogP contribution in [-0.2, 0) is 14.2 Å². The van der Waals surface area contributed by atoms with Crippen LogP contribution < -0.4 is 9.47 Å². The lowest BCUT2D eigenvalue weighted by Crippen LogP contribution is -2.63. The maximum absolute atomic E-state index is 10.7. The van der Waals surface area contributed by atoms with Crippen LogP contribution in [-0.4, -0.2) is 94.1 Å². The molecular formula is C19H28O10. The molecule has 0 unspecified atom stereocenters. The summed E-state index contributed by atoms with van der Waals surface area (Å²) >= 11 is 0. The molecule has 0 spiro atoms. The van der Waals surface area contributed by atoms with Crippen LogP contribution in [0.5, 0.6) is 11.5 Å². The van der Waals surface area contributed by atoms with E-state index in [1.165, 1.54) is 14.0 Å². The number of rotatable bonds is 5. The lowest BCUT2D eigenvalue weighted by Gasteiger charge is -2.45. The van der Waals surface area contributed by atoms with Gasteiger partial charge in [0, 0.05) is 0 Å². The molecule has 10 nitrogen and oxygen atoms in total. The van der Waals surface area contributed by atoms with Crippen LogP contribution in [0.4, 0.5) is 0 Å². The van der Waals surface area contributed by atoms with Crippen molar-refractivity contribution in [1.29, 1.82) is 0 Å². The van der Waals surface area contributed by atoms with E-state index in [0.717, 1.165) is 0 Å². The first-order valence-corrected chi connectivity index (χ1v) is 9.40. The average molecular weight is 416 g/mol. The SMILES string of the molecule is COc1ccc(O[C@@H]2O[C@@H](C)[C@@H](O)[C@@H](O[C@@H]3O[C@@H](C)[C@@H](O)[C@@H](O)[C@@H]3O)[C@@H]2O)cc1. The van der Waals surface area contributed by atoms with Gasteiger partial charge in [0.15, 0.2) is 6.29 Å². The molecule has 0 aromatic heterocycles. The lowest BCUT2D eigenvalue weighted by atomic mass is 9.97. The van der Waals surface area contributed by atoms with Crippen molar-refractivity contribution in [2.24, 2.45) is 0 Å². The van der Waals surface area contributed by atoms with E-state index in [4.69, 9.17) is 23.7 Å². The highest BCUT2D eigenvalue weighted by Gasteiger charge is 2.49. The Hall–Kier alpha value is -1.50. The van der Waals surface area contributed by atoms with Gasteiger partial charge in [-0.25, -0.2) is 0 Å². The molecule has 0 amide bonds. The van der Waals surface area contributed by atoms with Gasteiger partial charge in [0.05, 0.1) is 19.3 Å². The smallest absolute Gasteiger partial charge is 0.229 e. The number of ether oxygens (including phenoxy) is 5. The van der Waals surface area contributed by atoms with Crippen LogP contribution >= 0.6 is 0 Å². The predicted molar refractivity (Wildman–Crippen MR) is 97.2 cm³/mol. The van der Waals surface area contributed by atoms with Crippen molar-refractivity contribution in [3.8, 4) is 11.5 Å². The normalized spacial score (nSPS) is 43.0. The second-order valence-corrected chi connectivity index (χ2v) is 7.27. The molecule has 0 radical (unpaired) electrons. The first kappa shape index (κ1) is 22.2. The van der Waals surface area contributed by atoms with Gasteiger partial charge in [-0.1, -0.05) is 0 Å². The van der Waals surface area contributed by atoms with E-state index in [-0.39, 0.29) is 0 Å². The molecule has 164 valence electrons. The first-order chi connectivity index (χ1) is 13.7. The monoisotopic (exact) mass is 416 g/mol. The van der Waals surface area contributed by atoms with Crippen LogP contribution in [0.25, 0.3) is 0 Å². The molecule has 3 rings (SSSR count). The van der Waals surface area contributed by atoms with Gasteiger partial charge in [-0.2, -0.15) is 0 Å². The summed E-state index contributed by atoms with van der Waals surface area (Å²) in [5.41, 5.74) is 0. The van der Waals surface area contributed by atoms with Crippen molar-refractivity contribution in [2.45, 2.75) is 75.3 Å². The fraction of sp³-hybridized carbons (Fsp3) is 0.684. The van der Waals surface area contributed by atoms with Gasteiger partial charge < -0.3 is 49.2 Å². The fourth-order valence-electron chi connectivity index (χ4n) is 3.32. The largest absolute Gasteiger partial charge is 0.497 e. The Morgan fingerprint density at radius 2 is 1.24 bits per heavy atom. The number of methoxy groups -OCH3 is 1.